The van der Waals surface area contributed by atoms with Crippen molar-refractivity contribution in [1.82, 2.24) is 9.55 Å². The van der Waals surface area contributed by atoms with Crippen LogP contribution in [0.4, 0.5) is 0 Å². The molecule has 0 fully saturated rings. The van der Waals surface area contributed by atoms with Gasteiger partial charge in [-0.3, -0.25) is 4.79 Å². The zero-order chi connectivity index (χ0) is 14.3. The zero-order valence-electron chi connectivity index (χ0n) is 12.1. The molecule has 1 unspecified atom stereocenters. The zero-order valence-corrected chi connectivity index (χ0v) is 12.9. The average molecular weight is 284 g/mol. The number of nitrogens with zero attached hydrogens (tertiary/aromatic N) is 2. The van der Waals surface area contributed by atoms with E-state index in [1.54, 1.807) is 6.20 Å². The number of aliphatic carboxylic acids is 1. The first-order valence-corrected chi connectivity index (χ1v) is 7.77. The maximum atomic E-state index is 11.7. The quantitative estimate of drug-likeness (QED) is 0.554. The number of carboxylic acid groups (broad SMARTS) is 1. The summed E-state index contributed by atoms with van der Waals surface area (Å²) in [7, 11) is 1.90. The van der Waals surface area contributed by atoms with Gasteiger partial charge in [-0.2, -0.15) is 0 Å². The molecule has 1 aromatic rings. The number of thioether (sulfide) groups is 1. The molecule has 0 saturated carbocycles. The van der Waals surface area contributed by atoms with E-state index in [9.17, 15) is 9.90 Å². The molecule has 19 heavy (non-hydrogen) atoms. The monoisotopic (exact) mass is 284 g/mol. The first kappa shape index (κ1) is 16.1. The van der Waals surface area contributed by atoms with Gasteiger partial charge < -0.3 is 9.67 Å². The topological polar surface area (TPSA) is 55.1 Å². The number of imidazole rings is 1. The Labute approximate surface area is 119 Å². The molecular weight excluding hydrogens is 260 g/mol. The van der Waals surface area contributed by atoms with Crippen molar-refractivity contribution < 1.29 is 9.90 Å². The van der Waals surface area contributed by atoms with Gasteiger partial charge >= 0.3 is 5.97 Å². The predicted molar refractivity (Wildman–Crippen MR) is 78.5 cm³/mol. The van der Waals surface area contributed by atoms with Crippen LogP contribution in [-0.4, -0.2) is 25.4 Å². The summed E-state index contributed by atoms with van der Waals surface area (Å²) < 4.78 is 1.14. The molecule has 0 radical (unpaired) electrons. The van der Waals surface area contributed by atoms with Crippen molar-refractivity contribution in [2.24, 2.45) is 7.05 Å². The Morgan fingerprint density at radius 3 is 2.63 bits per heavy atom. The van der Waals surface area contributed by atoms with Crippen LogP contribution in [0.5, 0.6) is 0 Å². The van der Waals surface area contributed by atoms with E-state index in [2.05, 4.69) is 11.9 Å². The van der Waals surface area contributed by atoms with Crippen LogP contribution in [0.3, 0.4) is 0 Å². The molecule has 1 aromatic heterocycles. The Hall–Kier alpha value is -0.970. The summed E-state index contributed by atoms with van der Waals surface area (Å²) in [6.07, 6.45) is 9.29. The molecule has 0 saturated heterocycles. The van der Waals surface area contributed by atoms with Crippen molar-refractivity contribution in [2.45, 2.75) is 62.3 Å². The van der Waals surface area contributed by atoms with E-state index in [0.717, 1.165) is 18.0 Å². The fourth-order valence-electron chi connectivity index (χ4n) is 2.06. The smallest absolute Gasteiger partial charge is 0.320 e. The normalized spacial score (nSPS) is 14.3. The minimum atomic E-state index is -0.743. The SMILES string of the molecule is CCCCCCC(CC)(Sc1nccn1C)C(=O)O. The number of hydrogen-bond donors (Lipinski definition) is 1. The van der Waals surface area contributed by atoms with Crippen LogP contribution in [0.25, 0.3) is 0 Å². The molecule has 108 valence electrons. The van der Waals surface area contributed by atoms with Crippen LogP contribution >= 0.6 is 11.8 Å². The molecule has 1 rings (SSSR count). The molecule has 0 bridgehead atoms. The Bertz CT molecular complexity index is 406. The number of aryl methyl sites for hydroxylation is 1. The highest BCUT2D eigenvalue weighted by atomic mass is 32.2. The molecule has 0 aliphatic rings. The maximum absolute atomic E-state index is 11.7. The number of carboxylic acids is 1. The summed E-state index contributed by atoms with van der Waals surface area (Å²) in [5.41, 5.74) is 0. The lowest BCUT2D eigenvalue weighted by atomic mass is 9.97. The number of hydrogen-bond acceptors (Lipinski definition) is 3. The van der Waals surface area contributed by atoms with E-state index >= 15 is 0 Å². The van der Waals surface area contributed by atoms with Gasteiger partial charge in [0.15, 0.2) is 5.16 Å². The first-order valence-electron chi connectivity index (χ1n) is 6.95. The Kier molecular flexibility index (Phi) is 6.42. The molecule has 0 aromatic carbocycles. The van der Waals surface area contributed by atoms with Gasteiger partial charge in [0.2, 0.25) is 0 Å². The van der Waals surface area contributed by atoms with Crippen molar-refractivity contribution >= 4 is 17.7 Å². The van der Waals surface area contributed by atoms with E-state index in [1.165, 1.54) is 24.6 Å². The minimum Gasteiger partial charge on any atom is -0.480 e. The van der Waals surface area contributed by atoms with Gasteiger partial charge in [-0.1, -0.05) is 51.3 Å². The Balaban J connectivity index is 2.75. The number of carbonyl (C=O) groups is 1. The lowest BCUT2D eigenvalue weighted by Crippen LogP contribution is -2.34. The number of unbranched alkanes of at least 4 members (excludes halogenated alkanes) is 3. The van der Waals surface area contributed by atoms with Gasteiger partial charge in [-0.05, 0) is 12.8 Å². The van der Waals surface area contributed by atoms with E-state index in [-0.39, 0.29) is 0 Å². The molecular formula is C14H24N2O2S. The second-order valence-corrected chi connectivity index (χ2v) is 6.24. The molecule has 5 heteroatoms. The minimum absolute atomic E-state index is 0.617. The van der Waals surface area contributed by atoms with Crippen molar-refractivity contribution in [3.8, 4) is 0 Å². The van der Waals surface area contributed by atoms with Gasteiger partial charge in [-0.25, -0.2) is 4.98 Å². The molecule has 1 heterocycles. The number of aromatic nitrogens is 2. The van der Waals surface area contributed by atoms with Crippen molar-refractivity contribution in [3.05, 3.63) is 12.4 Å². The van der Waals surface area contributed by atoms with Crippen LogP contribution < -0.4 is 0 Å². The van der Waals surface area contributed by atoms with Crippen LogP contribution in [0, 0.1) is 0 Å². The van der Waals surface area contributed by atoms with Crippen LogP contribution in [-0.2, 0) is 11.8 Å². The van der Waals surface area contributed by atoms with Crippen molar-refractivity contribution in [2.75, 3.05) is 0 Å². The highest BCUT2D eigenvalue weighted by Gasteiger charge is 2.38. The standard InChI is InChI=1S/C14H24N2O2S/c1-4-6-7-8-9-14(5-2,12(17)18)19-13-15-10-11-16(13)3/h10-11H,4-9H2,1-3H3,(H,17,18). The van der Waals surface area contributed by atoms with Gasteiger partial charge in [0.25, 0.3) is 0 Å². The Morgan fingerprint density at radius 1 is 1.42 bits per heavy atom. The first-order chi connectivity index (χ1) is 9.05. The molecule has 0 spiro atoms. The third-order valence-corrected chi connectivity index (χ3v) is 5.09. The fraction of sp³-hybridized carbons (Fsp3) is 0.714. The predicted octanol–water partition coefficient (Wildman–Crippen LogP) is 3.72. The Morgan fingerprint density at radius 2 is 2.16 bits per heavy atom. The lowest BCUT2D eigenvalue weighted by Gasteiger charge is -2.27. The van der Waals surface area contributed by atoms with Crippen LogP contribution in [0.2, 0.25) is 0 Å². The van der Waals surface area contributed by atoms with E-state index in [4.69, 9.17) is 0 Å². The van der Waals surface area contributed by atoms with E-state index in [1.807, 2.05) is 24.7 Å². The largest absolute Gasteiger partial charge is 0.480 e. The average Bonchev–Trinajstić information content (AvgIpc) is 2.78. The fourth-order valence-corrected chi connectivity index (χ4v) is 3.21. The lowest BCUT2D eigenvalue weighted by molar-refractivity contribution is -0.140. The second kappa shape index (κ2) is 7.58. The summed E-state index contributed by atoms with van der Waals surface area (Å²) in [5.74, 6) is -0.723. The van der Waals surface area contributed by atoms with Gasteiger partial charge in [0.05, 0.1) is 0 Å². The third kappa shape index (κ3) is 4.27. The van der Waals surface area contributed by atoms with Gasteiger partial charge in [-0.15, -0.1) is 0 Å². The van der Waals surface area contributed by atoms with E-state index < -0.39 is 10.7 Å². The highest BCUT2D eigenvalue weighted by molar-refractivity contribution is 8.01. The molecule has 1 N–H and O–H groups in total. The summed E-state index contributed by atoms with van der Waals surface area (Å²) in [6.45, 7) is 4.11. The summed E-state index contributed by atoms with van der Waals surface area (Å²) >= 11 is 1.39. The summed E-state index contributed by atoms with van der Waals surface area (Å²) in [4.78, 5) is 15.9. The van der Waals surface area contributed by atoms with Crippen LogP contribution in [0.15, 0.2) is 17.6 Å². The molecule has 0 aliphatic heterocycles. The van der Waals surface area contributed by atoms with Gasteiger partial charge in [0.1, 0.15) is 4.75 Å². The molecule has 0 aliphatic carbocycles. The molecule has 1 atom stereocenters. The van der Waals surface area contributed by atoms with Crippen molar-refractivity contribution in [3.63, 3.8) is 0 Å². The third-order valence-electron chi connectivity index (χ3n) is 3.46. The van der Waals surface area contributed by atoms with E-state index in [0.29, 0.717) is 12.8 Å². The maximum Gasteiger partial charge on any atom is 0.320 e. The highest BCUT2D eigenvalue weighted by Crippen LogP contribution is 2.39. The summed E-state index contributed by atoms with van der Waals surface area (Å²) in [5, 5.41) is 10.4. The van der Waals surface area contributed by atoms with Crippen LogP contribution in [0.1, 0.15) is 52.4 Å². The van der Waals surface area contributed by atoms with Gasteiger partial charge in [0, 0.05) is 19.4 Å². The second-order valence-electron chi connectivity index (χ2n) is 4.89. The van der Waals surface area contributed by atoms with Crippen molar-refractivity contribution in [1.29, 1.82) is 0 Å². The molecule has 0 amide bonds. The summed E-state index contributed by atoms with van der Waals surface area (Å²) in [6, 6.07) is 0. The number of rotatable bonds is 9. The molecule has 4 nitrogen and oxygen atoms in total.